The summed E-state index contributed by atoms with van der Waals surface area (Å²) in [5.41, 5.74) is 4.67. The Bertz CT molecular complexity index is 1340. The number of rotatable bonds is 13. The van der Waals surface area contributed by atoms with Gasteiger partial charge in [0.15, 0.2) is 0 Å². The van der Waals surface area contributed by atoms with E-state index in [1.165, 1.54) is 11.9 Å². The van der Waals surface area contributed by atoms with Gasteiger partial charge in [0.1, 0.15) is 24.4 Å². The molecule has 1 aliphatic rings. The lowest BCUT2D eigenvalue weighted by molar-refractivity contribution is -0.173. The second kappa shape index (κ2) is 16.5. The number of halogens is 3. The van der Waals surface area contributed by atoms with Crippen LogP contribution in [0.3, 0.4) is 0 Å². The maximum Gasteiger partial charge on any atom is 0.324 e. The van der Waals surface area contributed by atoms with Crippen LogP contribution in [0.4, 0.5) is 0 Å². The Hall–Kier alpha value is -2.51. The fourth-order valence-corrected chi connectivity index (χ4v) is 5.13. The first-order valence-electron chi connectivity index (χ1n) is 15.3. The fourth-order valence-electron chi connectivity index (χ4n) is 4.96. The van der Waals surface area contributed by atoms with E-state index in [9.17, 15) is 24.6 Å². The van der Waals surface area contributed by atoms with E-state index in [0.29, 0.717) is 25.8 Å². The molecule has 1 aromatic carbocycles. The van der Waals surface area contributed by atoms with Crippen LogP contribution in [0, 0.1) is 5.92 Å². The van der Waals surface area contributed by atoms with Crippen molar-refractivity contribution >= 4 is 52.6 Å². The number of hydrogen-bond acceptors (Lipinski definition) is 9. The number of benzene rings is 1. The van der Waals surface area contributed by atoms with Gasteiger partial charge in [0.05, 0.1) is 17.8 Å². The number of hydrogen-bond donors (Lipinski definition) is 5. The largest absolute Gasteiger partial charge is 0.460 e. The number of pyridine rings is 1. The average Bonchev–Trinajstić information content (AvgIpc) is 3.01. The Labute approximate surface area is 285 Å². The van der Waals surface area contributed by atoms with Crippen molar-refractivity contribution in [1.82, 2.24) is 26.1 Å². The Balaban J connectivity index is 1.54. The van der Waals surface area contributed by atoms with E-state index >= 15 is 0 Å². The molecule has 0 spiro atoms. The number of nitrogens with one attached hydrogen (secondary N) is 3. The van der Waals surface area contributed by atoms with Gasteiger partial charge >= 0.3 is 5.97 Å². The number of alkyl halides is 3. The van der Waals surface area contributed by atoms with Crippen molar-refractivity contribution in [3.8, 4) is 11.3 Å². The molecule has 0 saturated carbocycles. The third-order valence-corrected chi connectivity index (χ3v) is 8.30. The number of aromatic nitrogens is 1. The first-order chi connectivity index (χ1) is 21.5. The summed E-state index contributed by atoms with van der Waals surface area (Å²) in [6.45, 7) is 8.50. The molecular formula is C32H44Cl3N5O6. The molecule has 254 valence electrons. The lowest BCUT2D eigenvalue weighted by Gasteiger charge is -2.45. The minimum absolute atomic E-state index is 0.149. The zero-order chi connectivity index (χ0) is 34.2. The molecule has 14 heteroatoms. The maximum absolute atomic E-state index is 13.3. The number of esters is 1. The van der Waals surface area contributed by atoms with Crippen LogP contribution in [0.5, 0.6) is 0 Å². The van der Waals surface area contributed by atoms with Crippen molar-refractivity contribution in [1.29, 1.82) is 0 Å². The molecule has 0 aliphatic carbocycles. The number of carbonyl (C=O) groups is 3. The molecule has 1 aromatic heterocycles. The Morgan fingerprint density at radius 2 is 1.85 bits per heavy atom. The summed E-state index contributed by atoms with van der Waals surface area (Å²) in [7, 11) is 0. The van der Waals surface area contributed by atoms with Crippen molar-refractivity contribution in [2.24, 2.45) is 5.92 Å². The minimum atomic E-state index is -1.74. The standard InChI is InChI=1S/C32H44Cl3N5O6/c1-19(2)28(38-27(42)14-12-22-11-13-25(36-17-22)24-9-6-8-23(16-24)20(3)41)29(43)37-21(4)31(5,45)40-15-7-10-26(39-40)30(44)46-18-32(33,34)35/h6,8-9,11,13,16-17,19-21,26,28,39,41,45H,7,10,12,14-15,18H2,1-5H3,(H,37,43)(H,38,42)/t20-,21+,26+,28+,31?/m1/s1. The third kappa shape index (κ3) is 11.0. The second-order valence-electron chi connectivity index (χ2n) is 12.2. The molecule has 0 radical (unpaired) electrons. The summed E-state index contributed by atoms with van der Waals surface area (Å²) in [5.74, 6) is -1.60. The molecule has 5 atom stereocenters. The van der Waals surface area contributed by atoms with Gasteiger partial charge in [-0.05, 0) is 69.2 Å². The van der Waals surface area contributed by atoms with E-state index < -0.39 is 52.2 Å². The molecule has 1 fully saturated rings. The van der Waals surface area contributed by atoms with Crippen LogP contribution < -0.4 is 16.1 Å². The quantitative estimate of drug-likeness (QED) is 0.154. The number of ether oxygens (including phenoxy) is 1. The summed E-state index contributed by atoms with van der Waals surface area (Å²) in [6, 6.07) is 8.91. The number of aliphatic hydroxyl groups is 2. The van der Waals surface area contributed by atoms with Gasteiger partial charge in [-0.3, -0.25) is 19.4 Å². The van der Waals surface area contributed by atoms with E-state index in [0.717, 1.165) is 22.4 Å². The summed E-state index contributed by atoms with van der Waals surface area (Å²) in [4.78, 5) is 43.2. The molecule has 2 amide bonds. The van der Waals surface area contributed by atoms with Crippen molar-refractivity contribution < 1.29 is 29.3 Å². The van der Waals surface area contributed by atoms with Crippen molar-refractivity contribution in [3.63, 3.8) is 0 Å². The van der Waals surface area contributed by atoms with Crippen LogP contribution in [0.2, 0.25) is 0 Å². The molecule has 46 heavy (non-hydrogen) atoms. The molecule has 1 unspecified atom stereocenters. The first kappa shape index (κ1) is 37.9. The van der Waals surface area contributed by atoms with Crippen LogP contribution in [0.1, 0.15) is 71.1 Å². The van der Waals surface area contributed by atoms with E-state index in [1.54, 1.807) is 20.0 Å². The van der Waals surface area contributed by atoms with Gasteiger partial charge in [0, 0.05) is 24.7 Å². The lowest BCUT2D eigenvalue weighted by atomic mass is 10.00. The third-order valence-electron chi connectivity index (χ3n) is 7.97. The molecule has 2 aromatic rings. The van der Waals surface area contributed by atoms with Crippen LogP contribution in [-0.4, -0.2) is 78.8 Å². The van der Waals surface area contributed by atoms with Crippen molar-refractivity contribution in [3.05, 3.63) is 53.7 Å². The Morgan fingerprint density at radius 3 is 2.46 bits per heavy atom. The molecule has 1 aliphatic heterocycles. The molecule has 0 bridgehead atoms. The zero-order valence-corrected chi connectivity index (χ0v) is 29.0. The summed E-state index contributed by atoms with van der Waals surface area (Å²) >= 11 is 17.0. The molecular weight excluding hydrogens is 657 g/mol. The van der Waals surface area contributed by atoms with Crippen LogP contribution in [-0.2, 0) is 25.5 Å². The fraction of sp³-hybridized carbons (Fsp3) is 0.562. The number of aryl methyl sites for hydroxylation is 1. The molecule has 2 heterocycles. The summed E-state index contributed by atoms with van der Waals surface area (Å²) < 4.78 is 3.34. The van der Waals surface area contributed by atoms with Gasteiger partial charge in [0.2, 0.25) is 15.6 Å². The number of aliphatic hydroxyl groups excluding tert-OH is 1. The second-order valence-corrected chi connectivity index (χ2v) is 14.7. The highest BCUT2D eigenvalue weighted by Gasteiger charge is 2.41. The Kier molecular flexibility index (Phi) is 13.6. The van der Waals surface area contributed by atoms with Crippen molar-refractivity contribution in [2.75, 3.05) is 13.2 Å². The lowest BCUT2D eigenvalue weighted by Crippen LogP contribution is -2.68. The number of amides is 2. The molecule has 11 nitrogen and oxygen atoms in total. The predicted octanol–water partition coefficient (Wildman–Crippen LogP) is 3.97. The predicted molar refractivity (Wildman–Crippen MR) is 178 cm³/mol. The van der Waals surface area contributed by atoms with Gasteiger partial charge in [-0.15, -0.1) is 0 Å². The molecule has 3 rings (SSSR count). The van der Waals surface area contributed by atoms with Gasteiger partial charge in [-0.25, -0.2) is 10.4 Å². The van der Waals surface area contributed by atoms with Crippen molar-refractivity contribution in [2.45, 2.75) is 94.0 Å². The highest BCUT2D eigenvalue weighted by Crippen LogP contribution is 2.27. The Morgan fingerprint density at radius 1 is 1.13 bits per heavy atom. The van der Waals surface area contributed by atoms with Gasteiger partial charge < -0.3 is 25.6 Å². The first-order valence-corrected chi connectivity index (χ1v) is 16.4. The van der Waals surface area contributed by atoms with Crippen LogP contribution in [0.15, 0.2) is 42.6 Å². The minimum Gasteiger partial charge on any atom is -0.460 e. The molecule has 5 N–H and O–H groups in total. The zero-order valence-electron chi connectivity index (χ0n) is 26.7. The van der Waals surface area contributed by atoms with Crippen LogP contribution in [0.25, 0.3) is 11.3 Å². The topological polar surface area (TPSA) is 153 Å². The number of nitrogens with zero attached hydrogens (tertiary/aromatic N) is 2. The van der Waals surface area contributed by atoms with Crippen LogP contribution >= 0.6 is 34.8 Å². The van der Waals surface area contributed by atoms with E-state index in [-0.39, 0.29) is 18.2 Å². The monoisotopic (exact) mass is 699 g/mol. The highest BCUT2D eigenvalue weighted by molar-refractivity contribution is 6.67. The van der Waals surface area contributed by atoms with Gasteiger partial charge in [-0.1, -0.05) is 72.9 Å². The van der Waals surface area contributed by atoms with E-state index in [1.807, 2.05) is 50.2 Å². The number of carbonyl (C=O) groups excluding carboxylic acids is 3. The van der Waals surface area contributed by atoms with E-state index in [2.05, 4.69) is 21.0 Å². The summed E-state index contributed by atoms with van der Waals surface area (Å²) in [5, 5.41) is 28.4. The maximum atomic E-state index is 13.3. The van der Waals surface area contributed by atoms with Gasteiger partial charge in [0.25, 0.3) is 0 Å². The SMILES string of the molecule is CC(C)[C@H](NC(=O)CCc1ccc(-c2cccc([C@@H](C)O)c2)nc1)C(=O)N[C@@H](C)C(C)(O)N1CCC[C@@H](C(=O)OCC(Cl)(Cl)Cl)N1. The summed E-state index contributed by atoms with van der Waals surface area (Å²) in [6.07, 6.45) is 2.73. The highest BCUT2D eigenvalue weighted by atomic mass is 35.6. The average molecular weight is 701 g/mol. The molecule has 1 saturated heterocycles. The normalized spacial score (nSPS) is 19.1. The van der Waals surface area contributed by atoms with Gasteiger partial charge in [-0.2, -0.15) is 0 Å². The van der Waals surface area contributed by atoms with E-state index in [4.69, 9.17) is 39.5 Å². The smallest absolute Gasteiger partial charge is 0.324 e. The number of hydrazine groups is 1.